The molecule has 1 fully saturated rings. The Morgan fingerprint density at radius 1 is 1.43 bits per heavy atom. The van der Waals surface area contributed by atoms with Gasteiger partial charge in [0.15, 0.2) is 6.10 Å². The van der Waals surface area contributed by atoms with Gasteiger partial charge >= 0.3 is 0 Å². The number of hydrogen-bond acceptors (Lipinski definition) is 3. The second-order valence-corrected chi connectivity index (χ2v) is 5.78. The highest BCUT2D eigenvalue weighted by Gasteiger charge is 2.35. The van der Waals surface area contributed by atoms with Crippen LogP contribution in [0.2, 0.25) is 5.02 Å². The lowest BCUT2D eigenvalue weighted by molar-refractivity contribution is -0.129. The molecule has 0 bridgehead atoms. The maximum Gasteiger partial charge on any atom is 0.261 e. The SMILES string of the molecule is CC(Oc1ccccc1Cl)C(=O)NC1(CN)CCCC1.Cl. The van der Waals surface area contributed by atoms with Crippen molar-refractivity contribution in [1.29, 1.82) is 0 Å². The molecule has 0 aliphatic heterocycles. The molecule has 1 aromatic carbocycles. The van der Waals surface area contributed by atoms with Crippen molar-refractivity contribution in [2.24, 2.45) is 5.73 Å². The summed E-state index contributed by atoms with van der Waals surface area (Å²) in [6.07, 6.45) is 3.50. The van der Waals surface area contributed by atoms with Crippen LogP contribution in [0.15, 0.2) is 24.3 Å². The van der Waals surface area contributed by atoms with E-state index < -0.39 is 6.10 Å². The molecule has 118 valence electrons. The first kappa shape index (κ1) is 18.1. The molecule has 1 aliphatic carbocycles. The van der Waals surface area contributed by atoms with E-state index in [0.29, 0.717) is 17.3 Å². The lowest BCUT2D eigenvalue weighted by atomic mass is 9.97. The maximum absolute atomic E-state index is 12.2. The van der Waals surface area contributed by atoms with Gasteiger partial charge in [-0.3, -0.25) is 4.79 Å². The van der Waals surface area contributed by atoms with Gasteiger partial charge in [-0.2, -0.15) is 0 Å². The van der Waals surface area contributed by atoms with Gasteiger partial charge in [0, 0.05) is 6.54 Å². The molecule has 0 aromatic heterocycles. The molecular weight excluding hydrogens is 311 g/mol. The van der Waals surface area contributed by atoms with Gasteiger partial charge in [0.05, 0.1) is 10.6 Å². The van der Waals surface area contributed by atoms with Crippen LogP contribution in [-0.4, -0.2) is 24.1 Å². The van der Waals surface area contributed by atoms with Gasteiger partial charge in [-0.05, 0) is 31.9 Å². The molecule has 1 aromatic rings. The van der Waals surface area contributed by atoms with Crippen LogP contribution in [0.4, 0.5) is 0 Å². The molecule has 1 saturated carbocycles. The number of nitrogens with one attached hydrogen (secondary N) is 1. The molecule has 1 aliphatic rings. The topological polar surface area (TPSA) is 64.3 Å². The van der Waals surface area contributed by atoms with Gasteiger partial charge in [-0.25, -0.2) is 0 Å². The smallest absolute Gasteiger partial charge is 0.261 e. The van der Waals surface area contributed by atoms with Crippen LogP contribution in [0.5, 0.6) is 5.75 Å². The Labute approximate surface area is 136 Å². The Balaban J connectivity index is 0.00000220. The molecule has 4 nitrogen and oxygen atoms in total. The van der Waals surface area contributed by atoms with Crippen molar-refractivity contribution < 1.29 is 9.53 Å². The van der Waals surface area contributed by atoms with Crippen LogP contribution in [0, 0.1) is 0 Å². The molecule has 1 unspecified atom stereocenters. The Bertz CT molecular complexity index is 476. The number of halogens is 2. The Kier molecular flexibility index (Phi) is 6.78. The second kappa shape index (κ2) is 7.87. The van der Waals surface area contributed by atoms with E-state index >= 15 is 0 Å². The average molecular weight is 333 g/mol. The van der Waals surface area contributed by atoms with Crippen molar-refractivity contribution in [3.8, 4) is 5.75 Å². The predicted molar refractivity (Wildman–Crippen MR) is 87.2 cm³/mol. The molecule has 2 rings (SSSR count). The number of nitrogens with two attached hydrogens (primary N) is 1. The van der Waals surface area contributed by atoms with Gasteiger partial charge in [0.25, 0.3) is 5.91 Å². The summed E-state index contributed by atoms with van der Waals surface area (Å²) >= 11 is 6.02. The highest BCUT2D eigenvalue weighted by Crippen LogP contribution is 2.29. The zero-order valence-electron chi connectivity index (χ0n) is 12.1. The Morgan fingerprint density at radius 3 is 2.62 bits per heavy atom. The maximum atomic E-state index is 12.2. The Hall–Kier alpha value is -0.970. The Morgan fingerprint density at radius 2 is 2.05 bits per heavy atom. The van der Waals surface area contributed by atoms with Crippen LogP contribution < -0.4 is 15.8 Å². The van der Waals surface area contributed by atoms with Crippen molar-refractivity contribution in [1.82, 2.24) is 5.32 Å². The fourth-order valence-corrected chi connectivity index (χ4v) is 2.76. The van der Waals surface area contributed by atoms with E-state index in [1.807, 2.05) is 12.1 Å². The van der Waals surface area contributed by atoms with Crippen molar-refractivity contribution >= 4 is 29.9 Å². The summed E-state index contributed by atoms with van der Waals surface area (Å²) in [7, 11) is 0. The van der Waals surface area contributed by atoms with E-state index in [1.54, 1.807) is 19.1 Å². The molecular formula is C15H22Cl2N2O2. The van der Waals surface area contributed by atoms with Gasteiger partial charge in [-0.1, -0.05) is 36.6 Å². The van der Waals surface area contributed by atoms with Crippen LogP contribution in [0.3, 0.4) is 0 Å². The summed E-state index contributed by atoms with van der Waals surface area (Å²) in [5, 5.41) is 3.55. The number of rotatable bonds is 5. The molecule has 1 atom stereocenters. The third kappa shape index (κ3) is 4.50. The number of carbonyl (C=O) groups excluding carboxylic acids is 1. The van der Waals surface area contributed by atoms with E-state index in [0.717, 1.165) is 25.7 Å². The van der Waals surface area contributed by atoms with E-state index in [1.165, 1.54) is 0 Å². The fourth-order valence-electron chi connectivity index (χ4n) is 2.58. The summed E-state index contributed by atoms with van der Waals surface area (Å²) in [5.41, 5.74) is 5.56. The number of hydrogen-bond donors (Lipinski definition) is 2. The van der Waals surface area contributed by atoms with Crippen molar-refractivity contribution in [3.05, 3.63) is 29.3 Å². The lowest BCUT2D eigenvalue weighted by Gasteiger charge is -2.30. The summed E-state index contributed by atoms with van der Waals surface area (Å²) < 4.78 is 5.62. The third-order valence-electron chi connectivity index (χ3n) is 3.85. The number of carbonyl (C=O) groups is 1. The first-order valence-electron chi connectivity index (χ1n) is 7.00. The second-order valence-electron chi connectivity index (χ2n) is 5.37. The number of para-hydroxylation sites is 1. The zero-order valence-corrected chi connectivity index (χ0v) is 13.7. The standard InChI is InChI=1S/C15H21ClN2O2.ClH/c1-11(20-13-7-3-2-6-12(13)16)14(19)18-15(10-17)8-4-5-9-15;/h2-3,6-7,11H,4-5,8-10,17H2,1H3,(H,18,19);1H. The summed E-state index contributed by atoms with van der Waals surface area (Å²) in [5.74, 6) is 0.377. The van der Waals surface area contributed by atoms with E-state index in [-0.39, 0.29) is 23.9 Å². The highest BCUT2D eigenvalue weighted by atomic mass is 35.5. The molecule has 6 heteroatoms. The number of amides is 1. The molecule has 0 saturated heterocycles. The first-order chi connectivity index (χ1) is 9.56. The fraction of sp³-hybridized carbons (Fsp3) is 0.533. The largest absolute Gasteiger partial charge is 0.479 e. The number of benzene rings is 1. The van der Waals surface area contributed by atoms with Gasteiger partial charge in [0.1, 0.15) is 5.75 Å². The zero-order chi connectivity index (χ0) is 14.6. The van der Waals surface area contributed by atoms with Crippen molar-refractivity contribution in [2.75, 3.05) is 6.54 Å². The minimum absolute atomic E-state index is 0. The molecule has 3 N–H and O–H groups in total. The molecule has 1 amide bonds. The van der Waals surface area contributed by atoms with E-state index in [9.17, 15) is 4.79 Å². The summed E-state index contributed by atoms with van der Waals surface area (Å²) in [6, 6.07) is 7.13. The molecule has 0 heterocycles. The normalized spacial score (nSPS) is 17.7. The summed E-state index contributed by atoms with van der Waals surface area (Å²) in [4.78, 5) is 12.2. The first-order valence-corrected chi connectivity index (χ1v) is 7.37. The van der Waals surface area contributed by atoms with Gasteiger partial charge in [-0.15, -0.1) is 12.4 Å². The van der Waals surface area contributed by atoms with E-state index in [2.05, 4.69) is 5.32 Å². The highest BCUT2D eigenvalue weighted by molar-refractivity contribution is 6.32. The third-order valence-corrected chi connectivity index (χ3v) is 4.16. The van der Waals surface area contributed by atoms with Crippen LogP contribution >= 0.6 is 24.0 Å². The molecule has 21 heavy (non-hydrogen) atoms. The number of ether oxygens (including phenoxy) is 1. The van der Waals surface area contributed by atoms with Crippen LogP contribution in [0.1, 0.15) is 32.6 Å². The van der Waals surface area contributed by atoms with Gasteiger partial charge in [0.2, 0.25) is 0 Å². The quantitative estimate of drug-likeness (QED) is 0.871. The summed E-state index contributed by atoms with van der Waals surface area (Å²) in [6.45, 7) is 2.19. The molecule has 0 radical (unpaired) electrons. The minimum atomic E-state index is -0.598. The monoisotopic (exact) mass is 332 g/mol. The van der Waals surface area contributed by atoms with Crippen molar-refractivity contribution in [2.45, 2.75) is 44.2 Å². The van der Waals surface area contributed by atoms with Crippen LogP contribution in [-0.2, 0) is 4.79 Å². The van der Waals surface area contributed by atoms with Gasteiger partial charge < -0.3 is 15.8 Å². The average Bonchev–Trinajstić information content (AvgIpc) is 2.90. The minimum Gasteiger partial charge on any atom is -0.479 e. The van der Waals surface area contributed by atoms with E-state index in [4.69, 9.17) is 22.1 Å². The molecule has 0 spiro atoms. The lowest BCUT2D eigenvalue weighted by Crippen LogP contribution is -2.54. The van der Waals surface area contributed by atoms with Crippen molar-refractivity contribution in [3.63, 3.8) is 0 Å². The van der Waals surface area contributed by atoms with Crippen LogP contribution in [0.25, 0.3) is 0 Å². The predicted octanol–water partition coefficient (Wildman–Crippen LogP) is 2.92.